The average Bonchev–Trinajstić information content (AvgIpc) is 2.31. The van der Waals surface area contributed by atoms with Gasteiger partial charge in [-0.15, -0.1) is 0 Å². The second-order valence-electron chi connectivity index (χ2n) is 4.98. The van der Waals surface area contributed by atoms with Gasteiger partial charge in [0.2, 0.25) is 0 Å². The molecule has 0 aromatic carbocycles. The normalized spacial score (nSPS) is 24.0. The molecule has 16 heavy (non-hydrogen) atoms. The van der Waals surface area contributed by atoms with Crippen molar-refractivity contribution in [1.29, 1.82) is 0 Å². The summed E-state index contributed by atoms with van der Waals surface area (Å²) in [7, 11) is 0. The van der Waals surface area contributed by atoms with Crippen LogP contribution in [0.2, 0.25) is 0 Å². The number of carbonyl (C=O) groups is 1. The van der Waals surface area contributed by atoms with E-state index in [1.54, 1.807) is 0 Å². The van der Waals surface area contributed by atoms with Crippen molar-refractivity contribution < 1.29 is 4.79 Å². The first-order valence-corrected chi connectivity index (χ1v) is 6.62. The molecular formula is C12H23N3O. The van der Waals surface area contributed by atoms with Gasteiger partial charge in [0.05, 0.1) is 0 Å². The highest BCUT2D eigenvalue weighted by Crippen LogP contribution is 2.17. The molecule has 0 bridgehead atoms. The largest absolute Gasteiger partial charge is 0.335 e. The zero-order valence-electron chi connectivity index (χ0n) is 9.93. The van der Waals surface area contributed by atoms with Crippen molar-refractivity contribution in [3.05, 3.63) is 0 Å². The Morgan fingerprint density at radius 2 is 1.44 bits per heavy atom. The fourth-order valence-electron chi connectivity index (χ4n) is 2.63. The van der Waals surface area contributed by atoms with Gasteiger partial charge in [-0.1, -0.05) is 19.3 Å². The van der Waals surface area contributed by atoms with Crippen LogP contribution in [0.3, 0.4) is 0 Å². The van der Waals surface area contributed by atoms with Crippen LogP contribution in [0.1, 0.15) is 44.9 Å². The van der Waals surface area contributed by atoms with Crippen molar-refractivity contribution in [3.8, 4) is 0 Å². The van der Waals surface area contributed by atoms with E-state index in [4.69, 9.17) is 0 Å². The van der Waals surface area contributed by atoms with E-state index >= 15 is 0 Å². The third kappa shape index (κ3) is 3.67. The summed E-state index contributed by atoms with van der Waals surface area (Å²) in [5, 5.41) is 9.47. The third-order valence-electron chi connectivity index (χ3n) is 3.61. The van der Waals surface area contributed by atoms with Crippen LogP contribution in [0, 0.1) is 0 Å². The van der Waals surface area contributed by atoms with Gasteiger partial charge in [0.1, 0.15) is 0 Å². The number of hydrogen-bond acceptors (Lipinski definition) is 2. The minimum Gasteiger partial charge on any atom is -0.335 e. The lowest BCUT2D eigenvalue weighted by molar-refractivity contribution is 0.225. The predicted octanol–water partition coefficient (Wildman–Crippen LogP) is 1.37. The van der Waals surface area contributed by atoms with Crippen molar-refractivity contribution in [2.45, 2.75) is 57.0 Å². The summed E-state index contributed by atoms with van der Waals surface area (Å²) >= 11 is 0. The topological polar surface area (TPSA) is 53.2 Å². The lowest BCUT2D eigenvalue weighted by atomic mass is 9.96. The highest BCUT2D eigenvalue weighted by Gasteiger charge is 2.18. The molecule has 1 saturated heterocycles. The van der Waals surface area contributed by atoms with Gasteiger partial charge in [-0.3, -0.25) is 0 Å². The maximum atomic E-state index is 11.7. The summed E-state index contributed by atoms with van der Waals surface area (Å²) in [6.45, 7) is 2.04. The monoisotopic (exact) mass is 225 g/mol. The number of urea groups is 1. The molecule has 2 fully saturated rings. The summed E-state index contributed by atoms with van der Waals surface area (Å²) in [6, 6.07) is 0.819. The van der Waals surface area contributed by atoms with Gasteiger partial charge >= 0.3 is 6.03 Å². The Morgan fingerprint density at radius 3 is 2.06 bits per heavy atom. The summed E-state index contributed by atoms with van der Waals surface area (Å²) in [6.07, 6.45) is 8.26. The Bertz CT molecular complexity index is 198. The molecule has 0 radical (unpaired) electrons. The summed E-state index contributed by atoms with van der Waals surface area (Å²) in [5.74, 6) is 0. The number of amides is 2. The maximum absolute atomic E-state index is 11.7. The second kappa shape index (κ2) is 6.09. The van der Waals surface area contributed by atoms with Gasteiger partial charge in [-0.25, -0.2) is 4.79 Å². The molecule has 0 spiro atoms. The molecule has 0 aromatic rings. The van der Waals surface area contributed by atoms with Gasteiger partial charge in [0.25, 0.3) is 0 Å². The van der Waals surface area contributed by atoms with E-state index in [1.165, 1.54) is 19.3 Å². The Morgan fingerprint density at radius 1 is 0.875 bits per heavy atom. The number of rotatable bonds is 2. The summed E-state index contributed by atoms with van der Waals surface area (Å²) in [4.78, 5) is 11.7. The molecule has 0 aromatic heterocycles. The van der Waals surface area contributed by atoms with E-state index in [1.807, 2.05) is 0 Å². The van der Waals surface area contributed by atoms with E-state index < -0.39 is 0 Å². The van der Waals surface area contributed by atoms with Crippen LogP contribution in [-0.2, 0) is 0 Å². The Kier molecular flexibility index (Phi) is 4.45. The van der Waals surface area contributed by atoms with Crippen molar-refractivity contribution >= 4 is 6.03 Å². The van der Waals surface area contributed by atoms with Crippen LogP contribution in [0.25, 0.3) is 0 Å². The minimum absolute atomic E-state index is 0.0406. The second-order valence-corrected chi connectivity index (χ2v) is 4.98. The van der Waals surface area contributed by atoms with Crippen molar-refractivity contribution in [3.63, 3.8) is 0 Å². The van der Waals surface area contributed by atoms with Crippen molar-refractivity contribution in [2.24, 2.45) is 0 Å². The molecule has 0 unspecified atom stereocenters. The van der Waals surface area contributed by atoms with Crippen LogP contribution < -0.4 is 16.0 Å². The predicted molar refractivity (Wildman–Crippen MR) is 64.4 cm³/mol. The molecule has 1 saturated carbocycles. The number of carbonyl (C=O) groups excluding carboxylic acids is 1. The molecule has 2 aliphatic rings. The highest BCUT2D eigenvalue weighted by atomic mass is 16.2. The highest BCUT2D eigenvalue weighted by molar-refractivity contribution is 5.74. The summed E-state index contributed by atoms with van der Waals surface area (Å²) in [5.41, 5.74) is 0. The first kappa shape index (κ1) is 11.7. The lowest BCUT2D eigenvalue weighted by Crippen LogP contribution is -2.49. The average molecular weight is 225 g/mol. The molecule has 2 amide bonds. The van der Waals surface area contributed by atoms with Gasteiger partial charge < -0.3 is 16.0 Å². The number of piperidine rings is 1. The first-order chi connectivity index (χ1) is 7.84. The van der Waals surface area contributed by atoms with Gasteiger partial charge in [0, 0.05) is 12.1 Å². The van der Waals surface area contributed by atoms with E-state index in [-0.39, 0.29) is 6.03 Å². The molecule has 1 heterocycles. The molecule has 1 aliphatic carbocycles. The molecule has 4 heteroatoms. The Labute approximate surface area is 97.6 Å². The van der Waals surface area contributed by atoms with Gasteiger partial charge in [-0.05, 0) is 38.8 Å². The van der Waals surface area contributed by atoms with Crippen molar-refractivity contribution in [2.75, 3.05) is 13.1 Å². The van der Waals surface area contributed by atoms with Crippen LogP contribution in [-0.4, -0.2) is 31.2 Å². The minimum atomic E-state index is 0.0406. The molecule has 1 aliphatic heterocycles. The molecule has 4 nitrogen and oxygen atoms in total. The Hall–Kier alpha value is -0.770. The molecular weight excluding hydrogens is 202 g/mol. The number of nitrogens with one attached hydrogen (secondary N) is 3. The smallest absolute Gasteiger partial charge is 0.315 e. The SMILES string of the molecule is O=C(NC1CCCCC1)NC1CCNCC1. The van der Waals surface area contributed by atoms with Gasteiger partial charge in [0.15, 0.2) is 0 Å². The van der Waals surface area contributed by atoms with Crippen LogP contribution in [0.4, 0.5) is 4.79 Å². The van der Waals surface area contributed by atoms with Crippen LogP contribution in [0.5, 0.6) is 0 Å². The quantitative estimate of drug-likeness (QED) is 0.665. The molecule has 92 valence electrons. The number of hydrogen-bond donors (Lipinski definition) is 3. The first-order valence-electron chi connectivity index (χ1n) is 6.62. The van der Waals surface area contributed by atoms with Crippen LogP contribution >= 0.6 is 0 Å². The fourth-order valence-corrected chi connectivity index (χ4v) is 2.63. The molecule has 2 rings (SSSR count). The van der Waals surface area contributed by atoms with Crippen molar-refractivity contribution in [1.82, 2.24) is 16.0 Å². The molecule has 3 N–H and O–H groups in total. The lowest BCUT2D eigenvalue weighted by Gasteiger charge is -2.27. The summed E-state index contributed by atoms with van der Waals surface area (Å²) < 4.78 is 0. The zero-order chi connectivity index (χ0) is 11.2. The zero-order valence-corrected chi connectivity index (χ0v) is 9.93. The Balaban J connectivity index is 1.66. The fraction of sp³-hybridized carbons (Fsp3) is 0.917. The van der Waals surface area contributed by atoms with E-state index in [2.05, 4.69) is 16.0 Å². The maximum Gasteiger partial charge on any atom is 0.315 e. The van der Waals surface area contributed by atoms with E-state index in [0.717, 1.165) is 38.8 Å². The van der Waals surface area contributed by atoms with E-state index in [9.17, 15) is 4.79 Å². The van der Waals surface area contributed by atoms with Crippen LogP contribution in [0.15, 0.2) is 0 Å². The molecule has 0 atom stereocenters. The van der Waals surface area contributed by atoms with E-state index in [0.29, 0.717) is 12.1 Å². The van der Waals surface area contributed by atoms with Gasteiger partial charge in [-0.2, -0.15) is 0 Å². The third-order valence-corrected chi connectivity index (χ3v) is 3.61. The standard InChI is InChI=1S/C12H23N3O/c16-12(14-10-4-2-1-3-5-10)15-11-6-8-13-9-7-11/h10-11,13H,1-9H2,(H2,14,15,16).